The first-order valence-corrected chi connectivity index (χ1v) is 8.20. The first kappa shape index (κ1) is 15.1. The number of hydrogen-bond donors (Lipinski definition) is 1. The monoisotopic (exact) mass is 352 g/mol. The summed E-state index contributed by atoms with van der Waals surface area (Å²) in [5.41, 5.74) is 0.802. The molecule has 0 radical (unpaired) electrons. The highest BCUT2D eigenvalue weighted by Gasteiger charge is 2.13. The molecule has 3 nitrogen and oxygen atoms in total. The molecule has 2 rings (SSSR count). The largest absolute Gasteiger partial charge is 0.322 e. The second kappa shape index (κ2) is 7.45. The lowest BCUT2D eigenvalue weighted by Gasteiger charge is -2.22. The Labute approximate surface area is 131 Å². The predicted molar refractivity (Wildman–Crippen MR) is 88.2 cm³/mol. The van der Waals surface area contributed by atoms with E-state index in [-0.39, 0.29) is 6.03 Å². The lowest BCUT2D eigenvalue weighted by atomic mass is 10.3. The third kappa shape index (κ3) is 4.35. The zero-order chi connectivity index (χ0) is 14.4. The van der Waals surface area contributed by atoms with Crippen LogP contribution in [-0.2, 0) is 6.54 Å². The third-order valence-corrected chi connectivity index (χ3v) is 4.14. The van der Waals surface area contributed by atoms with E-state index < -0.39 is 0 Å². The van der Waals surface area contributed by atoms with Crippen LogP contribution in [0.2, 0.25) is 0 Å². The highest BCUT2D eigenvalue weighted by Crippen LogP contribution is 2.17. The fourth-order valence-electron chi connectivity index (χ4n) is 1.88. The quantitative estimate of drug-likeness (QED) is 0.810. The second-order valence-corrected chi connectivity index (χ2v) is 6.39. The number of benzene rings is 1. The maximum atomic E-state index is 12.3. The summed E-state index contributed by atoms with van der Waals surface area (Å²) >= 11 is 5.08. The van der Waals surface area contributed by atoms with Gasteiger partial charge in [0.05, 0.1) is 6.54 Å². The Morgan fingerprint density at radius 1 is 1.35 bits per heavy atom. The number of carbonyl (C=O) groups is 1. The summed E-state index contributed by atoms with van der Waals surface area (Å²) in [5.74, 6) is 0. The summed E-state index contributed by atoms with van der Waals surface area (Å²) in [7, 11) is 0. The number of hydrogen-bond acceptors (Lipinski definition) is 2. The fourth-order valence-corrected chi connectivity index (χ4v) is 3.00. The summed E-state index contributed by atoms with van der Waals surface area (Å²) in [4.78, 5) is 15.4. The number of nitrogens with one attached hydrogen (secondary N) is 1. The average molecular weight is 353 g/mol. The van der Waals surface area contributed by atoms with E-state index in [0.29, 0.717) is 6.54 Å². The van der Waals surface area contributed by atoms with Crippen LogP contribution in [0.15, 0.2) is 46.3 Å². The molecule has 1 heterocycles. The highest BCUT2D eigenvalue weighted by atomic mass is 79.9. The zero-order valence-corrected chi connectivity index (χ0v) is 13.7. The van der Waals surface area contributed by atoms with Crippen LogP contribution >= 0.6 is 27.3 Å². The van der Waals surface area contributed by atoms with E-state index in [1.807, 2.05) is 40.6 Å². The van der Waals surface area contributed by atoms with Gasteiger partial charge in [0.25, 0.3) is 0 Å². The molecular formula is C15H17BrN2OS. The normalized spacial score (nSPS) is 10.3. The maximum Gasteiger partial charge on any atom is 0.322 e. The Bertz CT molecular complexity index is 557. The van der Waals surface area contributed by atoms with Gasteiger partial charge in [0.1, 0.15) is 0 Å². The molecule has 0 aliphatic rings. The van der Waals surface area contributed by atoms with E-state index in [9.17, 15) is 4.79 Å². The van der Waals surface area contributed by atoms with Crippen molar-refractivity contribution in [3.8, 4) is 0 Å². The topological polar surface area (TPSA) is 32.3 Å². The van der Waals surface area contributed by atoms with Gasteiger partial charge in [0, 0.05) is 21.6 Å². The Hall–Kier alpha value is -1.33. The summed E-state index contributed by atoms with van der Waals surface area (Å²) in [6.07, 6.45) is 0.942. The molecule has 0 saturated heterocycles. The molecule has 2 aromatic rings. The van der Waals surface area contributed by atoms with Crippen molar-refractivity contribution in [1.29, 1.82) is 0 Å². The highest BCUT2D eigenvalue weighted by molar-refractivity contribution is 9.10. The molecular weight excluding hydrogens is 336 g/mol. The molecule has 1 N–H and O–H groups in total. The van der Waals surface area contributed by atoms with E-state index in [1.54, 1.807) is 11.3 Å². The van der Waals surface area contributed by atoms with Crippen molar-refractivity contribution in [3.05, 3.63) is 51.1 Å². The Morgan fingerprint density at radius 3 is 2.85 bits per heavy atom. The lowest BCUT2D eigenvalue weighted by Crippen LogP contribution is -2.34. The van der Waals surface area contributed by atoms with E-state index in [4.69, 9.17) is 0 Å². The average Bonchev–Trinajstić information content (AvgIpc) is 2.91. The Balaban J connectivity index is 2.03. The van der Waals surface area contributed by atoms with Crippen LogP contribution in [0.1, 0.15) is 18.2 Å². The molecule has 0 fully saturated rings. The summed E-state index contributed by atoms with van der Waals surface area (Å²) < 4.78 is 0.954. The summed E-state index contributed by atoms with van der Waals surface area (Å²) in [6, 6.07) is 11.6. The van der Waals surface area contributed by atoms with Gasteiger partial charge in [-0.25, -0.2) is 4.79 Å². The number of rotatable bonds is 5. The van der Waals surface area contributed by atoms with Crippen LogP contribution in [0.3, 0.4) is 0 Å². The molecule has 0 aliphatic carbocycles. The van der Waals surface area contributed by atoms with Crippen molar-refractivity contribution < 1.29 is 4.79 Å². The first-order chi connectivity index (χ1) is 9.69. The minimum Gasteiger partial charge on any atom is -0.319 e. The molecule has 0 aliphatic heterocycles. The third-order valence-electron chi connectivity index (χ3n) is 2.78. The molecule has 0 unspecified atom stereocenters. The predicted octanol–water partition coefficient (Wildman–Crippen LogP) is 4.95. The van der Waals surface area contributed by atoms with Gasteiger partial charge in [-0.15, -0.1) is 11.3 Å². The van der Waals surface area contributed by atoms with Crippen molar-refractivity contribution in [1.82, 2.24) is 4.90 Å². The van der Waals surface area contributed by atoms with Gasteiger partial charge in [0.15, 0.2) is 0 Å². The molecule has 106 valence electrons. The second-order valence-electron chi connectivity index (χ2n) is 4.44. The molecule has 20 heavy (non-hydrogen) atoms. The van der Waals surface area contributed by atoms with Gasteiger partial charge >= 0.3 is 6.03 Å². The summed E-state index contributed by atoms with van der Waals surface area (Å²) in [5, 5.41) is 4.98. The van der Waals surface area contributed by atoms with Gasteiger partial charge in [0.2, 0.25) is 0 Å². The number of carbonyl (C=O) groups excluding carboxylic acids is 1. The molecule has 0 atom stereocenters. The van der Waals surface area contributed by atoms with E-state index in [1.165, 1.54) is 4.88 Å². The van der Waals surface area contributed by atoms with Gasteiger partial charge in [-0.2, -0.15) is 0 Å². The Morgan fingerprint density at radius 2 is 2.20 bits per heavy atom. The first-order valence-electron chi connectivity index (χ1n) is 6.53. The van der Waals surface area contributed by atoms with Gasteiger partial charge in [-0.1, -0.05) is 35.0 Å². The molecule has 1 aromatic carbocycles. The van der Waals surface area contributed by atoms with Crippen LogP contribution in [0, 0.1) is 0 Å². The van der Waals surface area contributed by atoms with Crippen LogP contribution < -0.4 is 5.32 Å². The van der Waals surface area contributed by atoms with Gasteiger partial charge in [-0.05, 0) is 36.1 Å². The standard InChI is InChI=1S/C15H17BrN2OS/c1-2-8-18(11-14-7-4-9-20-14)15(19)17-13-6-3-5-12(16)10-13/h3-7,9-10H,2,8,11H2,1H3,(H,17,19). The zero-order valence-electron chi connectivity index (χ0n) is 11.3. The van der Waals surface area contributed by atoms with Crippen LogP contribution in [0.5, 0.6) is 0 Å². The van der Waals surface area contributed by atoms with Gasteiger partial charge in [-0.3, -0.25) is 0 Å². The number of amides is 2. The fraction of sp³-hybridized carbons (Fsp3) is 0.267. The number of nitrogens with zero attached hydrogens (tertiary/aromatic N) is 1. The number of halogens is 1. The number of urea groups is 1. The van der Waals surface area contributed by atoms with Crippen LogP contribution in [0.25, 0.3) is 0 Å². The minimum atomic E-state index is -0.0571. The Kier molecular flexibility index (Phi) is 5.61. The summed E-state index contributed by atoms with van der Waals surface area (Å²) in [6.45, 7) is 3.48. The lowest BCUT2D eigenvalue weighted by molar-refractivity contribution is 0.209. The molecule has 0 saturated carbocycles. The molecule has 0 spiro atoms. The molecule has 2 amide bonds. The van der Waals surface area contributed by atoms with Crippen LogP contribution in [-0.4, -0.2) is 17.5 Å². The van der Waals surface area contributed by atoms with Crippen molar-refractivity contribution in [2.24, 2.45) is 0 Å². The van der Waals surface area contributed by atoms with Crippen molar-refractivity contribution in [3.63, 3.8) is 0 Å². The van der Waals surface area contributed by atoms with E-state index >= 15 is 0 Å². The number of anilines is 1. The van der Waals surface area contributed by atoms with Crippen molar-refractivity contribution >= 4 is 39.0 Å². The van der Waals surface area contributed by atoms with Crippen molar-refractivity contribution in [2.45, 2.75) is 19.9 Å². The minimum absolute atomic E-state index is 0.0571. The van der Waals surface area contributed by atoms with Gasteiger partial charge < -0.3 is 10.2 Å². The molecule has 0 bridgehead atoms. The van der Waals surface area contributed by atoms with Crippen molar-refractivity contribution in [2.75, 3.05) is 11.9 Å². The van der Waals surface area contributed by atoms with E-state index in [0.717, 1.165) is 23.1 Å². The molecule has 1 aromatic heterocycles. The SMILES string of the molecule is CCCN(Cc1cccs1)C(=O)Nc1cccc(Br)c1. The molecule has 5 heteroatoms. The smallest absolute Gasteiger partial charge is 0.319 e. The van der Waals surface area contributed by atoms with E-state index in [2.05, 4.69) is 34.2 Å². The maximum absolute atomic E-state index is 12.3. The van der Waals surface area contributed by atoms with Crippen LogP contribution in [0.4, 0.5) is 10.5 Å². The number of thiophene rings is 1.